The molecule has 1 aromatic rings. The van der Waals surface area contributed by atoms with Gasteiger partial charge in [0.1, 0.15) is 0 Å². The van der Waals surface area contributed by atoms with E-state index in [4.69, 9.17) is 12.2 Å². The van der Waals surface area contributed by atoms with Crippen molar-refractivity contribution in [2.24, 2.45) is 5.41 Å². The van der Waals surface area contributed by atoms with Gasteiger partial charge in [0, 0.05) is 12.0 Å². The number of rotatable bonds is 6. The minimum absolute atomic E-state index is 0.272. The number of thiocarbonyl (C=S) groups is 1. The van der Waals surface area contributed by atoms with E-state index >= 15 is 0 Å². The standard InChI is InChI=1S/C18H25NS/c1-2-18(14-9-15-19-17(18)20)13-8-4-7-12-16-10-5-3-6-11-16/h3,5-7,10-12H,2,4,8-9,13-15H2,1H3,(H,19,20)/b12-7-. The van der Waals surface area contributed by atoms with E-state index in [2.05, 4.69) is 54.7 Å². The van der Waals surface area contributed by atoms with Crippen molar-refractivity contribution in [1.29, 1.82) is 0 Å². The molecule has 1 saturated heterocycles. The quantitative estimate of drug-likeness (QED) is 0.585. The van der Waals surface area contributed by atoms with Crippen LogP contribution in [0.25, 0.3) is 6.08 Å². The number of hydrogen-bond acceptors (Lipinski definition) is 1. The molecule has 20 heavy (non-hydrogen) atoms. The minimum atomic E-state index is 0.272. The van der Waals surface area contributed by atoms with Crippen LogP contribution in [-0.2, 0) is 0 Å². The van der Waals surface area contributed by atoms with Crippen LogP contribution in [0.3, 0.4) is 0 Å². The first-order valence-electron chi connectivity index (χ1n) is 7.77. The molecular formula is C18H25NS. The Bertz CT molecular complexity index is 452. The summed E-state index contributed by atoms with van der Waals surface area (Å²) in [4.78, 5) is 1.11. The Morgan fingerprint density at radius 3 is 2.80 bits per heavy atom. The monoisotopic (exact) mass is 287 g/mol. The van der Waals surface area contributed by atoms with Crippen LogP contribution in [-0.4, -0.2) is 11.5 Å². The molecule has 1 heterocycles. The zero-order chi connectivity index (χ0) is 14.3. The first-order chi connectivity index (χ1) is 9.77. The molecule has 2 rings (SSSR count). The first-order valence-corrected chi connectivity index (χ1v) is 8.17. The average Bonchev–Trinajstić information content (AvgIpc) is 2.50. The smallest absolute Gasteiger partial charge is 0.0815 e. The fraction of sp³-hybridized carbons (Fsp3) is 0.500. The highest BCUT2D eigenvalue weighted by Crippen LogP contribution is 2.37. The molecule has 1 aromatic carbocycles. The predicted octanol–water partition coefficient (Wildman–Crippen LogP) is 4.98. The summed E-state index contributed by atoms with van der Waals surface area (Å²) in [5, 5.41) is 3.40. The van der Waals surface area contributed by atoms with E-state index in [-0.39, 0.29) is 5.41 Å². The highest BCUT2D eigenvalue weighted by Gasteiger charge is 2.34. The van der Waals surface area contributed by atoms with E-state index < -0.39 is 0 Å². The molecule has 0 bridgehead atoms. The maximum Gasteiger partial charge on any atom is 0.0815 e. The van der Waals surface area contributed by atoms with Crippen LogP contribution in [0.15, 0.2) is 36.4 Å². The van der Waals surface area contributed by atoms with Crippen LogP contribution in [0.1, 0.15) is 51.0 Å². The van der Waals surface area contributed by atoms with Crippen molar-refractivity contribution < 1.29 is 0 Å². The molecule has 1 aliphatic heterocycles. The van der Waals surface area contributed by atoms with Gasteiger partial charge in [-0.2, -0.15) is 0 Å². The summed E-state index contributed by atoms with van der Waals surface area (Å²) in [6, 6.07) is 10.5. The van der Waals surface area contributed by atoms with Gasteiger partial charge in [0.05, 0.1) is 4.99 Å². The normalized spacial score (nSPS) is 22.9. The topological polar surface area (TPSA) is 12.0 Å². The van der Waals surface area contributed by atoms with Crippen LogP contribution in [0.5, 0.6) is 0 Å². The lowest BCUT2D eigenvalue weighted by molar-refractivity contribution is 0.303. The lowest BCUT2D eigenvalue weighted by Crippen LogP contribution is -2.44. The summed E-state index contributed by atoms with van der Waals surface area (Å²) in [5.41, 5.74) is 1.56. The van der Waals surface area contributed by atoms with Crippen molar-refractivity contribution in [3.05, 3.63) is 42.0 Å². The van der Waals surface area contributed by atoms with Crippen LogP contribution < -0.4 is 5.32 Å². The lowest BCUT2D eigenvalue weighted by atomic mass is 9.74. The zero-order valence-electron chi connectivity index (χ0n) is 12.4. The third-order valence-corrected chi connectivity index (χ3v) is 4.99. The first kappa shape index (κ1) is 15.2. The van der Waals surface area contributed by atoms with Crippen molar-refractivity contribution in [1.82, 2.24) is 5.32 Å². The summed E-state index contributed by atoms with van der Waals surface area (Å²) in [6.45, 7) is 3.34. The Morgan fingerprint density at radius 1 is 1.30 bits per heavy atom. The van der Waals surface area contributed by atoms with E-state index in [1.165, 1.54) is 37.7 Å². The molecule has 1 fully saturated rings. The third-order valence-electron chi connectivity index (χ3n) is 4.41. The molecule has 0 aromatic heterocycles. The maximum atomic E-state index is 5.56. The van der Waals surface area contributed by atoms with E-state index in [9.17, 15) is 0 Å². The Kier molecular flexibility index (Phi) is 5.78. The highest BCUT2D eigenvalue weighted by molar-refractivity contribution is 7.80. The summed E-state index contributed by atoms with van der Waals surface area (Å²) in [7, 11) is 0. The molecular weight excluding hydrogens is 262 g/mol. The Balaban J connectivity index is 1.80. The lowest BCUT2D eigenvalue weighted by Gasteiger charge is -2.38. The highest BCUT2D eigenvalue weighted by atomic mass is 32.1. The molecule has 1 N–H and O–H groups in total. The molecule has 1 atom stereocenters. The molecule has 1 aliphatic rings. The van der Waals surface area contributed by atoms with Crippen LogP contribution in [0, 0.1) is 5.41 Å². The molecule has 0 aliphatic carbocycles. The van der Waals surface area contributed by atoms with Gasteiger partial charge >= 0.3 is 0 Å². The van der Waals surface area contributed by atoms with Gasteiger partial charge in [-0.15, -0.1) is 0 Å². The number of piperidine rings is 1. The summed E-state index contributed by atoms with van der Waals surface area (Å²) < 4.78 is 0. The minimum Gasteiger partial charge on any atom is -0.379 e. The number of benzene rings is 1. The second kappa shape index (κ2) is 7.58. The van der Waals surface area contributed by atoms with Gasteiger partial charge in [-0.3, -0.25) is 0 Å². The van der Waals surface area contributed by atoms with Gasteiger partial charge in [-0.25, -0.2) is 0 Å². The summed E-state index contributed by atoms with van der Waals surface area (Å²) >= 11 is 5.56. The molecule has 0 amide bonds. The van der Waals surface area contributed by atoms with E-state index in [1.807, 2.05) is 0 Å². The number of allylic oxidation sites excluding steroid dienone is 1. The zero-order valence-corrected chi connectivity index (χ0v) is 13.2. The average molecular weight is 287 g/mol. The van der Waals surface area contributed by atoms with Gasteiger partial charge in [0.15, 0.2) is 0 Å². The molecule has 1 nitrogen and oxygen atoms in total. The molecule has 0 radical (unpaired) electrons. The van der Waals surface area contributed by atoms with Gasteiger partial charge in [-0.1, -0.05) is 61.6 Å². The molecule has 2 heteroatoms. The number of unbranched alkanes of at least 4 members (excludes halogenated alkanes) is 1. The van der Waals surface area contributed by atoms with Gasteiger partial charge in [0.25, 0.3) is 0 Å². The Hall–Kier alpha value is -1.15. The van der Waals surface area contributed by atoms with Crippen molar-refractivity contribution >= 4 is 23.3 Å². The fourth-order valence-electron chi connectivity index (χ4n) is 3.02. The Labute approximate surface area is 128 Å². The van der Waals surface area contributed by atoms with E-state index in [0.717, 1.165) is 18.0 Å². The largest absolute Gasteiger partial charge is 0.379 e. The Morgan fingerprint density at radius 2 is 2.10 bits per heavy atom. The number of nitrogens with one attached hydrogen (secondary N) is 1. The number of hydrogen-bond donors (Lipinski definition) is 1. The molecule has 108 valence electrons. The molecule has 1 unspecified atom stereocenters. The maximum absolute atomic E-state index is 5.56. The third kappa shape index (κ3) is 3.92. The van der Waals surface area contributed by atoms with Gasteiger partial charge < -0.3 is 5.32 Å². The summed E-state index contributed by atoms with van der Waals surface area (Å²) in [6.07, 6.45) is 11.8. The summed E-state index contributed by atoms with van der Waals surface area (Å²) in [5.74, 6) is 0. The van der Waals surface area contributed by atoms with Crippen LogP contribution in [0.4, 0.5) is 0 Å². The van der Waals surface area contributed by atoms with E-state index in [1.54, 1.807) is 0 Å². The molecule has 0 spiro atoms. The van der Waals surface area contributed by atoms with Gasteiger partial charge in [0.2, 0.25) is 0 Å². The molecule has 0 saturated carbocycles. The second-order valence-electron chi connectivity index (χ2n) is 5.70. The van der Waals surface area contributed by atoms with E-state index in [0.29, 0.717) is 0 Å². The van der Waals surface area contributed by atoms with Crippen LogP contribution in [0.2, 0.25) is 0 Å². The fourth-order valence-corrected chi connectivity index (χ4v) is 3.47. The predicted molar refractivity (Wildman–Crippen MR) is 91.9 cm³/mol. The van der Waals surface area contributed by atoms with Crippen molar-refractivity contribution in [2.45, 2.75) is 45.4 Å². The van der Waals surface area contributed by atoms with Crippen LogP contribution >= 0.6 is 12.2 Å². The van der Waals surface area contributed by atoms with Gasteiger partial charge in [-0.05, 0) is 44.1 Å². The van der Waals surface area contributed by atoms with Crippen molar-refractivity contribution in [3.8, 4) is 0 Å². The second-order valence-corrected chi connectivity index (χ2v) is 6.11. The van der Waals surface area contributed by atoms with Crippen molar-refractivity contribution in [3.63, 3.8) is 0 Å². The van der Waals surface area contributed by atoms with Crippen molar-refractivity contribution in [2.75, 3.05) is 6.54 Å². The SMILES string of the molecule is CCC1(CCC/C=C\c2ccccc2)CCCNC1=S.